The van der Waals surface area contributed by atoms with Crippen LogP contribution in [0.25, 0.3) is 15.9 Å². The normalized spacial score (nSPS) is 11.2. The van der Waals surface area contributed by atoms with Gasteiger partial charge in [0.15, 0.2) is 4.96 Å². The third kappa shape index (κ3) is 3.19. The fraction of sp³-hybridized carbons (Fsp3) is 0.211. The maximum Gasteiger partial charge on any atom is 0.374 e. The number of aryl methyl sites for hydroxylation is 1. The lowest BCUT2D eigenvalue weighted by Crippen LogP contribution is -2.14. The summed E-state index contributed by atoms with van der Waals surface area (Å²) in [7, 11) is 0. The SMILES string of the molecule is CCOc1ccc2oc(C(=O)OCc3cc(=O)n4ccsc4n3)c(C)c2c1. The highest BCUT2D eigenvalue weighted by atomic mass is 32.1. The largest absolute Gasteiger partial charge is 0.494 e. The summed E-state index contributed by atoms with van der Waals surface area (Å²) in [5, 5.41) is 2.57. The lowest BCUT2D eigenvalue weighted by atomic mass is 10.1. The molecule has 8 heteroatoms. The molecule has 0 amide bonds. The van der Waals surface area contributed by atoms with Crippen LogP contribution in [0.3, 0.4) is 0 Å². The molecule has 7 nitrogen and oxygen atoms in total. The second kappa shape index (κ2) is 6.88. The molecule has 27 heavy (non-hydrogen) atoms. The first-order valence-electron chi connectivity index (χ1n) is 8.35. The molecule has 0 aliphatic carbocycles. The Morgan fingerprint density at radius 1 is 1.33 bits per heavy atom. The highest BCUT2D eigenvalue weighted by Crippen LogP contribution is 2.29. The monoisotopic (exact) mass is 384 g/mol. The molecule has 0 N–H and O–H groups in total. The second-order valence-electron chi connectivity index (χ2n) is 5.86. The topological polar surface area (TPSA) is 83.0 Å². The fourth-order valence-electron chi connectivity index (χ4n) is 2.82. The maximum absolute atomic E-state index is 12.5. The number of fused-ring (bicyclic) bond motifs is 2. The molecule has 0 unspecified atom stereocenters. The molecule has 0 saturated heterocycles. The van der Waals surface area contributed by atoms with E-state index in [4.69, 9.17) is 13.9 Å². The Balaban J connectivity index is 1.57. The fourth-order valence-corrected chi connectivity index (χ4v) is 3.56. The van der Waals surface area contributed by atoms with Gasteiger partial charge in [0.05, 0.1) is 12.3 Å². The van der Waals surface area contributed by atoms with Crippen LogP contribution in [-0.4, -0.2) is 22.0 Å². The van der Waals surface area contributed by atoms with Crippen LogP contribution in [0.2, 0.25) is 0 Å². The number of furan rings is 1. The molecule has 0 fully saturated rings. The molecule has 1 aromatic carbocycles. The Hall–Kier alpha value is -3.13. The van der Waals surface area contributed by atoms with E-state index in [2.05, 4.69) is 4.98 Å². The average Bonchev–Trinajstić information content (AvgIpc) is 3.25. The van der Waals surface area contributed by atoms with Crippen LogP contribution in [0.5, 0.6) is 5.75 Å². The number of hydrogen-bond donors (Lipinski definition) is 0. The van der Waals surface area contributed by atoms with Crippen molar-refractivity contribution in [3.8, 4) is 5.75 Å². The molecule has 4 aromatic rings. The quantitative estimate of drug-likeness (QED) is 0.489. The minimum Gasteiger partial charge on any atom is -0.494 e. The number of rotatable bonds is 5. The number of ether oxygens (including phenoxy) is 2. The van der Waals surface area contributed by atoms with Crippen molar-refractivity contribution >= 4 is 33.2 Å². The summed E-state index contributed by atoms with van der Waals surface area (Å²) >= 11 is 1.34. The Bertz CT molecular complexity index is 1200. The van der Waals surface area contributed by atoms with Crippen LogP contribution in [-0.2, 0) is 11.3 Å². The van der Waals surface area contributed by atoms with E-state index < -0.39 is 5.97 Å². The Labute approximate surface area is 157 Å². The van der Waals surface area contributed by atoms with E-state index in [9.17, 15) is 9.59 Å². The lowest BCUT2D eigenvalue weighted by Gasteiger charge is -2.03. The summed E-state index contributed by atoms with van der Waals surface area (Å²) < 4.78 is 17.9. The van der Waals surface area contributed by atoms with Crippen LogP contribution < -0.4 is 10.3 Å². The minimum absolute atomic E-state index is 0.108. The second-order valence-corrected chi connectivity index (χ2v) is 6.74. The number of carbonyl (C=O) groups is 1. The van der Waals surface area contributed by atoms with E-state index >= 15 is 0 Å². The molecule has 0 bridgehead atoms. The molecule has 138 valence electrons. The standard InChI is InChI=1S/C19H16N2O5S/c1-3-24-13-4-5-15-14(9-13)11(2)17(26-15)18(23)25-10-12-8-16(22)21-6-7-27-19(21)20-12/h4-9H,3,10H2,1-2H3. The molecule has 0 atom stereocenters. The smallest absolute Gasteiger partial charge is 0.374 e. The molecule has 0 spiro atoms. The van der Waals surface area contributed by atoms with Crippen LogP contribution in [0.1, 0.15) is 28.7 Å². The van der Waals surface area contributed by atoms with Crippen molar-refractivity contribution in [3.63, 3.8) is 0 Å². The van der Waals surface area contributed by atoms with Gasteiger partial charge in [-0.05, 0) is 32.0 Å². The molecule has 0 aliphatic rings. The van der Waals surface area contributed by atoms with Gasteiger partial charge in [-0.3, -0.25) is 9.20 Å². The zero-order chi connectivity index (χ0) is 19.0. The predicted molar refractivity (Wildman–Crippen MR) is 101 cm³/mol. The molecular formula is C19H16N2O5S. The summed E-state index contributed by atoms with van der Waals surface area (Å²) in [6.45, 7) is 4.14. The first-order chi connectivity index (χ1) is 13.1. The van der Waals surface area contributed by atoms with Crippen molar-refractivity contribution in [3.05, 3.63) is 63.2 Å². The first kappa shape index (κ1) is 17.3. The van der Waals surface area contributed by atoms with Gasteiger partial charge in [0.2, 0.25) is 5.76 Å². The third-order valence-electron chi connectivity index (χ3n) is 4.11. The van der Waals surface area contributed by atoms with Crippen LogP contribution in [0.15, 0.2) is 45.1 Å². The van der Waals surface area contributed by atoms with E-state index in [0.29, 0.717) is 34.2 Å². The molecule has 0 radical (unpaired) electrons. The van der Waals surface area contributed by atoms with Gasteiger partial charge in [-0.1, -0.05) is 0 Å². The number of hydrogen-bond acceptors (Lipinski definition) is 7. The van der Waals surface area contributed by atoms with Crippen molar-refractivity contribution < 1.29 is 18.7 Å². The van der Waals surface area contributed by atoms with Gasteiger partial charge in [-0.15, -0.1) is 11.3 Å². The number of nitrogens with zero attached hydrogens (tertiary/aromatic N) is 2. The number of carbonyl (C=O) groups excluding carboxylic acids is 1. The lowest BCUT2D eigenvalue weighted by molar-refractivity contribution is 0.0432. The van der Waals surface area contributed by atoms with Crippen molar-refractivity contribution in [1.82, 2.24) is 9.38 Å². The number of esters is 1. The van der Waals surface area contributed by atoms with E-state index in [0.717, 1.165) is 5.39 Å². The van der Waals surface area contributed by atoms with Gasteiger partial charge in [0, 0.05) is 28.6 Å². The van der Waals surface area contributed by atoms with Crippen molar-refractivity contribution in [2.75, 3.05) is 6.61 Å². The molecule has 3 heterocycles. The molecular weight excluding hydrogens is 368 g/mol. The molecule has 4 rings (SSSR count). The van der Waals surface area contributed by atoms with Crippen LogP contribution >= 0.6 is 11.3 Å². The molecule has 3 aromatic heterocycles. The third-order valence-corrected chi connectivity index (χ3v) is 4.87. The van der Waals surface area contributed by atoms with Gasteiger partial charge in [0.1, 0.15) is 17.9 Å². The van der Waals surface area contributed by atoms with Gasteiger partial charge in [0.25, 0.3) is 5.56 Å². The zero-order valence-electron chi connectivity index (χ0n) is 14.7. The number of aromatic nitrogens is 2. The highest BCUT2D eigenvalue weighted by Gasteiger charge is 2.20. The summed E-state index contributed by atoms with van der Waals surface area (Å²) in [6, 6.07) is 6.74. The average molecular weight is 384 g/mol. The van der Waals surface area contributed by atoms with E-state index in [1.807, 2.05) is 13.0 Å². The maximum atomic E-state index is 12.5. The molecule has 0 aliphatic heterocycles. The van der Waals surface area contributed by atoms with Crippen LogP contribution in [0.4, 0.5) is 0 Å². The predicted octanol–water partition coefficient (Wildman–Crippen LogP) is 3.57. The zero-order valence-corrected chi connectivity index (χ0v) is 15.5. The van der Waals surface area contributed by atoms with Crippen LogP contribution in [0, 0.1) is 6.92 Å². The van der Waals surface area contributed by atoms with E-state index in [1.165, 1.54) is 21.8 Å². The molecule has 0 saturated carbocycles. The van der Waals surface area contributed by atoms with Gasteiger partial charge < -0.3 is 13.9 Å². The van der Waals surface area contributed by atoms with Crippen molar-refractivity contribution in [2.45, 2.75) is 20.5 Å². The van der Waals surface area contributed by atoms with Gasteiger partial charge in [-0.25, -0.2) is 9.78 Å². The Morgan fingerprint density at radius 3 is 3.00 bits per heavy atom. The number of thiazole rings is 1. The summed E-state index contributed by atoms with van der Waals surface area (Å²) in [5.41, 5.74) is 1.44. The first-order valence-corrected chi connectivity index (χ1v) is 9.23. The summed E-state index contributed by atoms with van der Waals surface area (Å²) in [4.78, 5) is 29.3. The minimum atomic E-state index is -0.602. The Morgan fingerprint density at radius 2 is 2.19 bits per heavy atom. The summed E-state index contributed by atoms with van der Waals surface area (Å²) in [6.07, 6.45) is 1.65. The van der Waals surface area contributed by atoms with Crippen molar-refractivity contribution in [2.24, 2.45) is 0 Å². The van der Waals surface area contributed by atoms with E-state index in [-0.39, 0.29) is 17.9 Å². The van der Waals surface area contributed by atoms with Gasteiger partial charge >= 0.3 is 5.97 Å². The number of benzene rings is 1. The van der Waals surface area contributed by atoms with E-state index in [1.54, 1.807) is 30.6 Å². The van der Waals surface area contributed by atoms with Crippen molar-refractivity contribution in [1.29, 1.82) is 0 Å². The Kier molecular flexibility index (Phi) is 4.41. The van der Waals surface area contributed by atoms with Gasteiger partial charge in [-0.2, -0.15) is 0 Å². The summed E-state index contributed by atoms with van der Waals surface area (Å²) in [5.74, 6) is 0.241. The highest BCUT2D eigenvalue weighted by molar-refractivity contribution is 7.15.